The lowest BCUT2D eigenvalue weighted by molar-refractivity contribution is 0.514. The second-order valence-electron chi connectivity index (χ2n) is 4.60. The van der Waals surface area contributed by atoms with Crippen LogP contribution in [0.2, 0.25) is 4.34 Å². The zero-order valence-corrected chi connectivity index (χ0v) is 12.6. The average molecular weight is 316 g/mol. The van der Waals surface area contributed by atoms with E-state index in [0.717, 1.165) is 32.0 Å². The quantitative estimate of drug-likeness (QED) is 0.538. The summed E-state index contributed by atoms with van der Waals surface area (Å²) < 4.78 is 8.41. The molecule has 0 spiro atoms. The van der Waals surface area contributed by atoms with E-state index in [9.17, 15) is 0 Å². The van der Waals surface area contributed by atoms with Gasteiger partial charge in [0.1, 0.15) is 11.3 Å². The number of fused-ring (bicyclic) bond motifs is 1. The van der Waals surface area contributed by atoms with Crippen LogP contribution >= 0.6 is 22.9 Å². The van der Waals surface area contributed by atoms with Gasteiger partial charge in [-0.3, -0.25) is 0 Å². The van der Waals surface area contributed by atoms with Gasteiger partial charge in [0, 0.05) is 12.3 Å². The predicted molar refractivity (Wildman–Crippen MR) is 84.2 cm³/mol. The predicted octanol–water partition coefficient (Wildman–Crippen LogP) is 4.70. The molecule has 4 aromatic rings. The number of halogens is 1. The third-order valence-electron chi connectivity index (χ3n) is 3.16. The Balaban J connectivity index is 2.06. The second kappa shape index (κ2) is 4.72. The van der Waals surface area contributed by atoms with E-state index in [2.05, 4.69) is 9.97 Å². The minimum atomic E-state index is 0.702. The highest BCUT2D eigenvalue weighted by Crippen LogP contribution is 2.34. The molecule has 0 saturated carbocycles. The van der Waals surface area contributed by atoms with Crippen molar-refractivity contribution < 1.29 is 4.42 Å². The monoisotopic (exact) mass is 315 g/mol. The summed E-state index contributed by atoms with van der Waals surface area (Å²) in [4.78, 5) is 10.1. The van der Waals surface area contributed by atoms with Gasteiger partial charge >= 0.3 is 0 Å². The number of rotatable bonds is 2. The number of aromatic nitrogens is 3. The maximum atomic E-state index is 6.05. The van der Waals surface area contributed by atoms with Gasteiger partial charge in [-0.1, -0.05) is 11.6 Å². The maximum Gasteiger partial charge on any atom is 0.207 e. The summed E-state index contributed by atoms with van der Waals surface area (Å²) in [5.41, 5.74) is 1.59. The number of thiophene rings is 1. The lowest BCUT2D eigenvalue weighted by atomic mass is 10.4. The molecule has 0 aliphatic carbocycles. The van der Waals surface area contributed by atoms with Crippen LogP contribution in [0.3, 0.4) is 0 Å². The van der Waals surface area contributed by atoms with Gasteiger partial charge in [-0.15, -0.1) is 11.3 Å². The molecule has 6 heteroatoms. The molecular weight excluding hydrogens is 306 g/mol. The summed E-state index contributed by atoms with van der Waals surface area (Å²) in [5.74, 6) is 2.33. The van der Waals surface area contributed by atoms with Crippen LogP contribution in [0.1, 0.15) is 5.76 Å². The molecule has 4 rings (SSSR count). The summed E-state index contributed by atoms with van der Waals surface area (Å²) in [6, 6.07) is 11.5. The fourth-order valence-corrected chi connectivity index (χ4v) is 3.29. The van der Waals surface area contributed by atoms with Gasteiger partial charge in [0.05, 0.1) is 9.21 Å². The first-order chi connectivity index (χ1) is 10.2. The Morgan fingerprint density at radius 3 is 2.81 bits per heavy atom. The highest BCUT2D eigenvalue weighted by Gasteiger charge is 2.18. The van der Waals surface area contributed by atoms with Crippen LogP contribution in [0.4, 0.5) is 0 Å². The van der Waals surface area contributed by atoms with Crippen molar-refractivity contribution in [3.63, 3.8) is 0 Å². The normalized spacial score (nSPS) is 11.3. The Labute approximate surface area is 129 Å². The van der Waals surface area contributed by atoms with E-state index >= 15 is 0 Å². The fraction of sp³-hybridized carbons (Fsp3) is 0.0667. The van der Waals surface area contributed by atoms with Crippen LogP contribution < -0.4 is 0 Å². The number of hydrogen-bond acceptors (Lipinski definition) is 4. The smallest absolute Gasteiger partial charge is 0.207 e. The highest BCUT2D eigenvalue weighted by molar-refractivity contribution is 7.19. The van der Waals surface area contributed by atoms with Crippen molar-refractivity contribution in [3.05, 3.63) is 52.7 Å². The van der Waals surface area contributed by atoms with E-state index in [1.807, 2.05) is 47.9 Å². The summed E-state index contributed by atoms with van der Waals surface area (Å²) >= 11 is 7.54. The molecule has 0 aliphatic rings. The van der Waals surface area contributed by atoms with E-state index < -0.39 is 0 Å². The first-order valence-corrected chi connectivity index (χ1v) is 7.58. The first-order valence-electron chi connectivity index (χ1n) is 6.38. The molecule has 0 aromatic carbocycles. The topological polar surface area (TPSA) is 43.9 Å². The molecule has 0 unspecified atom stereocenters. The number of imidazole rings is 1. The Morgan fingerprint density at radius 1 is 1.19 bits per heavy atom. The van der Waals surface area contributed by atoms with E-state index in [1.54, 1.807) is 6.20 Å². The van der Waals surface area contributed by atoms with Gasteiger partial charge in [0.15, 0.2) is 11.5 Å². The van der Waals surface area contributed by atoms with Crippen LogP contribution in [0.5, 0.6) is 0 Å². The Morgan fingerprint density at radius 2 is 2.10 bits per heavy atom. The molecule has 4 aromatic heterocycles. The largest absolute Gasteiger partial charge is 0.445 e. The maximum absolute atomic E-state index is 6.05. The van der Waals surface area contributed by atoms with Crippen molar-refractivity contribution in [2.45, 2.75) is 6.92 Å². The Kier molecular flexibility index (Phi) is 2.83. The van der Waals surface area contributed by atoms with E-state index in [1.165, 1.54) is 11.3 Å². The molecule has 0 bridgehead atoms. The average Bonchev–Trinajstić information content (AvgIpc) is 3.16. The number of furan rings is 1. The van der Waals surface area contributed by atoms with Crippen LogP contribution in [-0.2, 0) is 0 Å². The van der Waals surface area contributed by atoms with Crippen molar-refractivity contribution in [1.29, 1.82) is 0 Å². The van der Waals surface area contributed by atoms with Crippen molar-refractivity contribution >= 4 is 34.1 Å². The molecule has 4 heterocycles. The molecule has 0 atom stereocenters. The van der Waals surface area contributed by atoms with Crippen molar-refractivity contribution in [2.75, 3.05) is 0 Å². The zero-order chi connectivity index (χ0) is 14.4. The summed E-state index contributed by atoms with van der Waals surface area (Å²) in [7, 11) is 0. The number of hydrogen-bond donors (Lipinski definition) is 0. The standard InChI is InChI=1S/C15H10ClN3OS/c1-9-4-7-13(20-9)19-14-10(3-2-8-17-14)18-15(19)11-5-6-12(16)21-11/h2-8H,1H3. The molecule has 0 radical (unpaired) electrons. The van der Waals surface area contributed by atoms with E-state index in [-0.39, 0.29) is 0 Å². The van der Waals surface area contributed by atoms with Crippen LogP contribution in [-0.4, -0.2) is 14.5 Å². The molecule has 0 aliphatic heterocycles. The molecule has 0 amide bonds. The number of pyridine rings is 1. The number of nitrogens with zero attached hydrogens (tertiary/aromatic N) is 3. The van der Waals surface area contributed by atoms with Crippen LogP contribution in [0.25, 0.3) is 27.7 Å². The highest BCUT2D eigenvalue weighted by atomic mass is 35.5. The molecular formula is C15H10ClN3OS. The van der Waals surface area contributed by atoms with E-state index in [4.69, 9.17) is 16.0 Å². The summed E-state index contributed by atoms with van der Waals surface area (Å²) in [6.07, 6.45) is 1.75. The first kappa shape index (κ1) is 12.6. The zero-order valence-electron chi connectivity index (χ0n) is 11.1. The molecule has 0 N–H and O–H groups in total. The lowest BCUT2D eigenvalue weighted by Gasteiger charge is -2.03. The van der Waals surface area contributed by atoms with Gasteiger partial charge in [0.2, 0.25) is 5.88 Å². The third-order valence-corrected chi connectivity index (χ3v) is 4.38. The van der Waals surface area contributed by atoms with Crippen LogP contribution in [0, 0.1) is 6.92 Å². The minimum absolute atomic E-state index is 0.702. The minimum Gasteiger partial charge on any atom is -0.445 e. The molecule has 0 fully saturated rings. The summed E-state index contributed by atoms with van der Waals surface area (Å²) in [6.45, 7) is 1.91. The summed E-state index contributed by atoms with van der Waals surface area (Å²) in [5, 5.41) is 0. The molecule has 21 heavy (non-hydrogen) atoms. The fourth-order valence-electron chi connectivity index (χ4n) is 2.26. The Bertz CT molecular complexity index is 937. The second-order valence-corrected chi connectivity index (χ2v) is 6.32. The number of aryl methyl sites for hydroxylation is 1. The van der Waals surface area contributed by atoms with Gasteiger partial charge in [-0.05, 0) is 37.3 Å². The molecule has 0 saturated heterocycles. The third kappa shape index (κ3) is 2.05. The Hall–Kier alpha value is -2.11. The molecule has 4 nitrogen and oxygen atoms in total. The van der Waals surface area contributed by atoms with Gasteiger partial charge in [0.25, 0.3) is 0 Å². The van der Waals surface area contributed by atoms with Gasteiger partial charge in [-0.25, -0.2) is 14.5 Å². The van der Waals surface area contributed by atoms with Crippen molar-refractivity contribution in [2.24, 2.45) is 0 Å². The molecule has 104 valence electrons. The van der Waals surface area contributed by atoms with E-state index in [0.29, 0.717) is 5.88 Å². The van der Waals surface area contributed by atoms with Crippen molar-refractivity contribution in [3.8, 4) is 16.6 Å². The van der Waals surface area contributed by atoms with Crippen molar-refractivity contribution in [1.82, 2.24) is 14.5 Å². The lowest BCUT2D eigenvalue weighted by Crippen LogP contribution is -1.95. The van der Waals surface area contributed by atoms with Gasteiger partial charge in [-0.2, -0.15) is 0 Å². The SMILES string of the molecule is Cc1ccc(-n2c(-c3ccc(Cl)s3)nc3cccnc32)o1. The van der Waals surface area contributed by atoms with Gasteiger partial charge < -0.3 is 4.42 Å². The van der Waals surface area contributed by atoms with Crippen LogP contribution in [0.15, 0.2) is 47.0 Å².